The minimum absolute atomic E-state index is 0. The molecule has 0 aliphatic heterocycles. The molecule has 0 aliphatic rings. The molecule has 0 aliphatic carbocycles. The Bertz CT molecular complexity index is 547. The van der Waals surface area contributed by atoms with E-state index in [1.54, 1.807) is 4.63 Å². The van der Waals surface area contributed by atoms with Crippen LogP contribution in [0.3, 0.4) is 0 Å². The molecule has 2 aromatic heterocycles. The van der Waals surface area contributed by atoms with Gasteiger partial charge in [0.05, 0.1) is 6.20 Å². The third-order valence-electron chi connectivity index (χ3n) is 1.94. The van der Waals surface area contributed by atoms with Crippen LogP contribution in [0.5, 0.6) is 0 Å². The Hall–Kier alpha value is 3.75. The summed E-state index contributed by atoms with van der Waals surface area (Å²) in [5.41, 5.74) is 2.10. The average Bonchev–Trinajstić information content (AvgIpc) is 2.62. The average molecular weight is 601 g/mol. The van der Waals surface area contributed by atoms with Crippen molar-refractivity contribution in [3.63, 3.8) is 0 Å². The number of aromatic nitrogens is 3. The zero-order valence-electron chi connectivity index (χ0n) is 9.19. The van der Waals surface area contributed by atoms with Gasteiger partial charge in [-0.2, -0.15) is 12.3 Å². The van der Waals surface area contributed by atoms with Crippen LogP contribution in [0.25, 0.3) is 11.0 Å². The predicted octanol–water partition coefficient (Wildman–Crippen LogP) is 0.423. The fourth-order valence-electron chi connectivity index (χ4n) is 1.40. The Balaban J connectivity index is -0.000000392. The normalized spacial score (nSPS) is 8.00. The molecule has 0 atom stereocenters. The van der Waals surface area contributed by atoms with Gasteiger partial charge in [0.1, 0.15) is 0 Å². The molecule has 0 saturated carbocycles. The van der Waals surface area contributed by atoms with Crippen molar-refractivity contribution in [2.45, 2.75) is 0 Å². The number of nitrogens with zero attached hydrogens (tertiary/aromatic N) is 3. The van der Waals surface area contributed by atoms with Gasteiger partial charge >= 0.3 is 0 Å². The molecule has 0 fully saturated rings. The summed E-state index contributed by atoms with van der Waals surface area (Å²) in [6, 6.07) is 9.86. The third kappa shape index (κ3) is 5.80. The Morgan fingerprint density at radius 1 is 1.00 bits per heavy atom. The van der Waals surface area contributed by atoms with Gasteiger partial charge in [0.2, 0.25) is 0 Å². The largest absolute Gasteiger partial charge is 0.317 e. The first kappa shape index (κ1) is 25.7. The van der Waals surface area contributed by atoms with E-state index >= 15 is 0 Å². The smallest absolute Gasteiger partial charge is 0.0695 e. The van der Waals surface area contributed by atoms with E-state index in [2.05, 4.69) is 11.3 Å². The maximum atomic E-state index is 4.30. The van der Waals surface area contributed by atoms with E-state index in [4.69, 9.17) is 0 Å². The maximum Gasteiger partial charge on any atom is 0.0695 e. The van der Waals surface area contributed by atoms with Crippen LogP contribution in [0.2, 0.25) is 0 Å². The molecule has 0 amide bonds. The van der Waals surface area contributed by atoms with Gasteiger partial charge in [-0.3, -0.25) is 0 Å². The molecule has 1 aromatic carbocycles. The van der Waals surface area contributed by atoms with Crippen molar-refractivity contribution in [3.8, 4) is 0 Å². The molecule has 3 nitrogen and oxygen atoms in total. The van der Waals surface area contributed by atoms with Crippen LogP contribution in [0.1, 0.15) is 0 Å². The monoisotopic (exact) mass is 601 g/mol. The van der Waals surface area contributed by atoms with Crippen molar-refractivity contribution < 1.29 is 168 Å². The Kier molecular flexibility index (Phi) is 18.6. The van der Waals surface area contributed by atoms with Crippen LogP contribution < -0.4 is 9.73 Å². The van der Waals surface area contributed by atoms with Gasteiger partial charge in [0, 0.05) is 175 Å². The molecule has 0 N–H and O–H groups in total. The van der Waals surface area contributed by atoms with E-state index in [1.165, 1.54) is 0 Å². The quantitative estimate of drug-likeness (QED) is 0.271. The molecule has 0 bridgehead atoms. The summed E-state index contributed by atoms with van der Waals surface area (Å²) in [6.45, 7) is 0. The van der Waals surface area contributed by atoms with Gasteiger partial charge in [-0.25, -0.2) is 9.73 Å². The van der Waals surface area contributed by atoms with Crippen molar-refractivity contribution in [2.24, 2.45) is 0 Å². The number of hydrogen-bond donors (Lipinski definition) is 0. The van der Waals surface area contributed by atoms with E-state index < -0.39 is 0 Å². The fraction of sp³-hybridized carbons (Fsp3) is 0. The second kappa shape index (κ2) is 12.3. The number of benzene rings is 1. The van der Waals surface area contributed by atoms with Crippen LogP contribution >= 0.6 is 0 Å². The van der Waals surface area contributed by atoms with Crippen LogP contribution in [-0.2, 0) is 164 Å². The molecule has 73 valence electrons. The minimum Gasteiger partial charge on any atom is -0.317 e. The standard InChI is InChI=1S/C9H6N3.5Y/c1-2-5-9-8(4-1)10-12-7-3-6-11(9)12;;;;;/h1-6H;;;;;/q-1;;;;;. The van der Waals surface area contributed by atoms with Gasteiger partial charge in [0.25, 0.3) is 0 Å². The molecule has 0 spiro atoms. The van der Waals surface area contributed by atoms with Crippen molar-refractivity contribution >= 4 is 11.0 Å². The summed E-state index contributed by atoms with van der Waals surface area (Å²) < 4.78 is 3.65. The van der Waals surface area contributed by atoms with Gasteiger partial charge in [0.15, 0.2) is 0 Å². The summed E-state index contributed by atoms with van der Waals surface area (Å²) in [6.07, 6.45) is 4.92. The molecule has 5 radical (unpaired) electrons. The molecule has 2 heterocycles. The second-order valence-corrected chi connectivity index (χ2v) is 2.67. The predicted molar refractivity (Wildman–Crippen MR) is 42.7 cm³/mol. The first-order valence-corrected chi connectivity index (χ1v) is 3.78. The molecule has 8 heteroatoms. The van der Waals surface area contributed by atoms with Crippen molar-refractivity contribution in [3.05, 3.63) is 42.7 Å². The molecule has 3 rings (SSSR count). The van der Waals surface area contributed by atoms with Crippen LogP contribution in [0.4, 0.5) is 0 Å². The summed E-state index contributed by atoms with van der Waals surface area (Å²) in [5.74, 6) is 0. The molecule has 17 heavy (non-hydrogen) atoms. The van der Waals surface area contributed by atoms with Crippen molar-refractivity contribution in [2.75, 3.05) is 0 Å². The SMILES string of the molecule is [Y].[Y].[Y].[Y].[Y].[c-]1ccn2c3ccccc3[n-][n+]12. The van der Waals surface area contributed by atoms with Gasteiger partial charge in [-0.1, -0.05) is 24.3 Å². The Morgan fingerprint density at radius 3 is 2.35 bits per heavy atom. The summed E-state index contributed by atoms with van der Waals surface area (Å²) in [7, 11) is 0. The van der Waals surface area contributed by atoms with Gasteiger partial charge in [-0.05, 0) is 0 Å². The zero-order valence-corrected chi connectivity index (χ0v) is 23.4. The molecular weight excluding hydrogens is 595 g/mol. The van der Waals surface area contributed by atoms with E-state index in [1.807, 2.05) is 41.0 Å². The zero-order chi connectivity index (χ0) is 7.97. The summed E-state index contributed by atoms with van der Waals surface area (Å²) in [5, 5.41) is 4.30. The van der Waals surface area contributed by atoms with Gasteiger partial charge < -0.3 is 4.52 Å². The molecule has 3 aromatic rings. The van der Waals surface area contributed by atoms with Crippen LogP contribution in [-0.4, -0.2) is 4.52 Å². The van der Waals surface area contributed by atoms with E-state index in [0.717, 1.165) is 11.0 Å². The van der Waals surface area contributed by atoms with E-state index in [0.29, 0.717) is 0 Å². The number of rotatable bonds is 0. The summed E-state index contributed by atoms with van der Waals surface area (Å²) in [4.78, 5) is 0. The van der Waals surface area contributed by atoms with Gasteiger partial charge in [-0.15, -0.1) is 0 Å². The Labute approximate surface area is 226 Å². The molecule has 0 unspecified atom stereocenters. The first-order valence-electron chi connectivity index (χ1n) is 3.78. The second-order valence-electron chi connectivity index (χ2n) is 2.67. The van der Waals surface area contributed by atoms with E-state index in [-0.39, 0.29) is 164 Å². The minimum atomic E-state index is 0. The number of para-hydroxylation sites is 1. The number of hydrogen-bond acceptors (Lipinski definition) is 0. The summed E-state index contributed by atoms with van der Waals surface area (Å²) >= 11 is 0. The number of fused-ring (bicyclic) bond motifs is 3. The van der Waals surface area contributed by atoms with Crippen LogP contribution in [0.15, 0.2) is 36.5 Å². The van der Waals surface area contributed by atoms with E-state index in [9.17, 15) is 0 Å². The first-order chi connectivity index (χ1) is 5.95. The van der Waals surface area contributed by atoms with Crippen LogP contribution in [0, 0.1) is 6.20 Å². The van der Waals surface area contributed by atoms with Crippen molar-refractivity contribution in [1.29, 1.82) is 0 Å². The Morgan fingerprint density at radius 2 is 1.65 bits per heavy atom. The molecular formula is C9H6N3Y5-. The third-order valence-corrected chi connectivity index (χ3v) is 1.94. The fourth-order valence-corrected chi connectivity index (χ4v) is 1.40. The molecule has 0 saturated heterocycles. The van der Waals surface area contributed by atoms with Crippen molar-refractivity contribution in [1.82, 2.24) is 9.61 Å². The topological polar surface area (TPSA) is 22.6 Å². The maximum absolute atomic E-state index is 4.30.